The fraction of sp³-hybridized carbons (Fsp3) is 0.667. The zero-order valence-corrected chi connectivity index (χ0v) is 4.55. The Morgan fingerprint density at radius 2 is 2.20 bits per heavy atom. The van der Waals surface area contributed by atoms with Crippen molar-refractivity contribution in [2.75, 3.05) is 0 Å². The molecule has 0 spiro atoms. The SMILES string of the molecule is [CH2]C[SiH](C)[O]. The Labute approximate surface area is 34.4 Å². The van der Waals surface area contributed by atoms with Crippen LogP contribution in [0.4, 0.5) is 0 Å². The van der Waals surface area contributed by atoms with Gasteiger partial charge in [0.25, 0.3) is 0 Å². The molecule has 0 heterocycles. The van der Waals surface area contributed by atoms with Crippen molar-refractivity contribution in [3.05, 3.63) is 6.92 Å². The Morgan fingerprint density at radius 3 is 2.20 bits per heavy atom. The van der Waals surface area contributed by atoms with Crippen molar-refractivity contribution >= 4 is 9.04 Å². The van der Waals surface area contributed by atoms with E-state index < -0.39 is 9.04 Å². The van der Waals surface area contributed by atoms with Gasteiger partial charge < -0.3 is 4.80 Å². The van der Waals surface area contributed by atoms with Gasteiger partial charge in [0, 0.05) is 0 Å². The lowest BCUT2D eigenvalue weighted by molar-refractivity contribution is 0.455. The van der Waals surface area contributed by atoms with E-state index in [0.29, 0.717) is 6.04 Å². The molecule has 0 aliphatic heterocycles. The van der Waals surface area contributed by atoms with Crippen LogP contribution >= 0.6 is 0 Å². The Kier molecular flexibility index (Phi) is 2.50. The Morgan fingerprint density at radius 1 is 2.00 bits per heavy atom. The third-order valence-electron chi connectivity index (χ3n) is 0.407. The third kappa shape index (κ3) is 4.18. The van der Waals surface area contributed by atoms with E-state index in [1.165, 1.54) is 0 Å². The van der Waals surface area contributed by atoms with Crippen LogP contribution in [0.25, 0.3) is 0 Å². The first-order valence-electron chi connectivity index (χ1n) is 1.72. The molecule has 2 heteroatoms. The van der Waals surface area contributed by atoms with Crippen LogP contribution in [-0.4, -0.2) is 9.04 Å². The van der Waals surface area contributed by atoms with Crippen LogP contribution in [0.1, 0.15) is 0 Å². The minimum atomic E-state index is -1.51. The first-order valence-corrected chi connectivity index (χ1v) is 4.16. The van der Waals surface area contributed by atoms with Gasteiger partial charge in [-0.3, -0.25) is 0 Å². The molecule has 1 unspecified atom stereocenters. The van der Waals surface area contributed by atoms with E-state index in [9.17, 15) is 4.80 Å². The van der Waals surface area contributed by atoms with Gasteiger partial charge in [-0.25, -0.2) is 0 Å². The minimum absolute atomic E-state index is 0.639. The van der Waals surface area contributed by atoms with Crippen LogP contribution in [0.3, 0.4) is 0 Å². The molecule has 5 heavy (non-hydrogen) atoms. The quantitative estimate of drug-likeness (QED) is 0.418. The zero-order valence-electron chi connectivity index (χ0n) is 3.40. The molecule has 0 aliphatic rings. The van der Waals surface area contributed by atoms with Gasteiger partial charge in [0.1, 0.15) is 0 Å². The average molecular weight is 88.2 g/mol. The van der Waals surface area contributed by atoms with E-state index in [4.69, 9.17) is 0 Å². The number of rotatable bonds is 1. The third-order valence-corrected chi connectivity index (χ3v) is 1.22. The highest BCUT2D eigenvalue weighted by atomic mass is 28.3. The summed E-state index contributed by atoms with van der Waals surface area (Å²) in [6, 6.07) is 0.639. The van der Waals surface area contributed by atoms with Gasteiger partial charge in [-0.15, -0.1) is 0 Å². The van der Waals surface area contributed by atoms with Crippen LogP contribution in [0.5, 0.6) is 0 Å². The smallest absolute Gasteiger partial charge is 0.219 e. The van der Waals surface area contributed by atoms with Crippen molar-refractivity contribution in [3.63, 3.8) is 0 Å². The molecule has 0 saturated carbocycles. The highest BCUT2D eigenvalue weighted by Crippen LogP contribution is 1.79. The lowest BCUT2D eigenvalue weighted by atomic mass is 11.0. The summed E-state index contributed by atoms with van der Waals surface area (Å²) in [6.07, 6.45) is 0. The predicted molar refractivity (Wildman–Crippen MR) is 23.9 cm³/mol. The van der Waals surface area contributed by atoms with Crippen LogP contribution in [0, 0.1) is 6.92 Å². The standard InChI is InChI=1S/C3H8OSi/c1-3-5(2)4/h5H,1,3H2,2H3. The summed E-state index contributed by atoms with van der Waals surface area (Å²) in [7, 11) is -1.51. The number of hydrogen-bond acceptors (Lipinski definition) is 0. The molecule has 0 aromatic heterocycles. The van der Waals surface area contributed by atoms with Gasteiger partial charge >= 0.3 is 0 Å². The van der Waals surface area contributed by atoms with Crippen molar-refractivity contribution < 1.29 is 4.80 Å². The fourth-order valence-electron chi connectivity index (χ4n) is 0. The van der Waals surface area contributed by atoms with Crippen LogP contribution in [0.15, 0.2) is 0 Å². The highest BCUT2D eigenvalue weighted by Gasteiger charge is 1.90. The van der Waals surface area contributed by atoms with Crippen molar-refractivity contribution in [1.82, 2.24) is 0 Å². The molecule has 0 bridgehead atoms. The zero-order chi connectivity index (χ0) is 4.28. The van der Waals surface area contributed by atoms with Crippen molar-refractivity contribution in [2.24, 2.45) is 0 Å². The first-order chi connectivity index (χ1) is 2.27. The van der Waals surface area contributed by atoms with E-state index in [0.717, 1.165) is 0 Å². The van der Waals surface area contributed by atoms with Gasteiger partial charge in [-0.05, 0) is 12.6 Å². The molecule has 0 saturated heterocycles. The summed E-state index contributed by atoms with van der Waals surface area (Å²) in [5, 5.41) is 0. The lowest BCUT2D eigenvalue weighted by Crippen LogP contribution is -1.97. The molecule has 30 valence electrons. The van der Waals surface area contributed by atoms with Crippen molar-refractivity contribution in [2.45, 2.75) is 12.6 Å². The molecule has 0 aromatic carbocycles. The second-order valence-electron chi connectivity index (χ2n) is 1.10. The molecular weight excluding hydrogens is 80.1 g/mol. The van der Waals surface area contributed by atoms with Crippen LogP contribution in [0.2, 0.25) is 12.6 Å². The van der Waals surface area contributed by atoms with Gasteiger partial charge in [0.15, 0.2) is 0 Å². The molecular formula is C3H8OSi. The van der Waals surface area contributed by atoms with E-state index in [1.54, 1.807) is 6.55 Å². The first kappa shape index (κ1) is 5.18. The maximum atomic E-state index is 9.97. The summed E-state index contributed by atoms with van der Waals surface area (Å²) in [5.74, 6) is 0. The fourth-order valence-corrected chi connectivity index (χ4v) is 0. The summed E-state index contributed by atoms with van der Waals surface area (Å²) < 4.78 is 0. The van der Waals surface area contributed by atoms with Gasteiger partial charge in [0.2, 0.25) is 9.04 Å². The maximum absolute atomic E-state index is 9.97. The Hall–Kier alpha value is 0.177. The molecule has 0 rings (SSSR count). The van der Waals surface area contributed by atoms with Crippen molar-refractivity contribution in [1.29, 1.82) is 0 Å². The molecule has 0 aromatic rings. The molecule has 1 nitrogen and oxygen atoms in total. The van der Waals surface area contributed by atoms with Gasteiger partial charge in [-0.1, -0.05) is 6.92 Å². The minimum Gasteiger partial charge on any atom is -0.302 e. The van der Waals surface area contributed by atoms with E-state index in [2.05, 4.69) is 6.92 Å². The molecule has 0 fully saturated rings. The highest BCUT2D eigenvalue weighted by molar-refractivity contribution is 6.48. The molecule has 0 amide bonds. The van der Waals surface area contributed by atoms with E-state index >= 15 is 0 Å². The molecule has 1 atom stereocenters. The normalized spacial score (nSPS) is 15.0. The van der Waals surface area contributed by atoms with E-state index in [-0.39, 0.29) is 0 Å². The lowest BCUT2D eigenvalue weighted by Gasteiger charge is -1.82. The Balaban J connectivity index is 2.54. The van der Waals surface area contributed by atoms with Gasteiger partial charge in [0.05, 0.1) is 0 Å². The monoisotopic (exact) mass is 88.0 g/mol. The Bertz CT molecular complexity index is 20.9. The second-order valence-corrected chi connectivity index (χ2v) is 3.30. The second kappa shape index (κ2) is 2.42. The number of hydrogen-bond donors (Lipinski definition) is 0. The predicted octanol–water partition coefficient (Wildman–Crippen LogP) is 0.605. The summed E-state index contributed by atoms with van der Waals surface area (Å²) in [5.41, 5.74) is 0. The molecule has 0 N–H and O–H groups in total. The van der Waals surface area contributed by atoms with Crippen LogP contribution < -0.4 is 0 Å². The molecule has 0 aliphatic carbocycles. The summed E-state index contributed by atoms with van der Waals surface area (Å²) in [6.45, 7) is 5.18. The van der Waals surface area contributed by atoms with Crippen molar-refractivity contribution in [3.8, 4) is 0 Å². The average Bonchev–Trinajstić information content (AvgIpc) is 1.38. The van der Waals surface area contributed by atoms with E-state index in [1.807, 2.05) is 0 Å². The van der Waals surface area contributed by atoms with Gasteiger partial charge in [-0.2, -0.15) is 0 Å². The molecule has 2 radical (unpaired) electrons. The van der Waals surface area contributed by atoms with Crippen LogP contribution in [-0.2, 0) is 4.80 Å². The topological polar surface area (TPSA) is 19.9 Å². The maximum Gasteiger partial charge on any atom is 0.219 e. The summed E-state index contributed by atoms with van der Waals surface area (Å²) >= 11 is 0. The summed E-state index contributed by atoms with van der Waals surface area (Å²) in [4.78, 5) is 9.97. The largest absolute Gasteiger partial charge is 0.302 e.